The number of nitrogens with zero attached hydrogens (tertiary/aromatic N) is 2. The standard InChI is InChI=1S/C23H24N4O6S/c1-15-5-3-4-6-21(15)34(30,31)27-20(23(29)32-2)14-25-22(28)12-18-11-19(26-33-18)17-9-7-16(13-24)8-10-17/h3-10,18,20,27H,11-12,14H2,1-2H3,(H,25,28)/t18-,20+/m1/s1. The zero-order chi connectivity index (χ0) is 24.7. The Morgan fingerprint density at radius 2 is 1.94 bits per heavy atom. The van der Waals surface area contributed by atoms with E-state index in [1.165, 1.54) is 6.07 Å². The van der Waals surface area contributed by atoms with E-state index in [0.29, 0.717) is 23.3 Å². The van der Waals surface area contributed by atoms with Crippen LogP contribution < -0.4 is 10.0 Å². The molecule has 1 heterocycles. The lowest BCUT2D eigenvalue weighted by Crippen LogP contribution is -2.49. The fraction of sp³-hybridized carbons (Fsp3) is 0.304. The lowest BCUT2D eigenvalue weighted by molar-refractivity contribution is -0.142. The third-order valence-corrected chi connectivity index (χ3v) is 6.79. The molecule has 0 unspecified atom stereocenters. The molecule has 1 amide bonds. The van der Waals surface area contributed by atoms with Crippen molar-refractivity contribution in [2.24, 2.45) is 5.16 Å². The van der Waals surface area contributed by atoms with Crippen LogP contribution >= 0.6 is 0 Å². The van der Waals surface area contributed by atoms with Gasteiger partial charge >= 0.3 is 5.97 Å². The van der Waals surface area contributed by atoms with E-state index in [9.17, 15) is 18.0 Å². The van der Waals surface area contributed by atoms with Gasteiger partial charge in [0.05, 0.1) is 35.8 Å². The second-order valence-corrected chi connectivity index (χ2v) is 9.31. The van der Waals surface area contributed by atoms with E-state index in [0.717, 1.165) is 12.7 Å². The van der Waals surface area contributed by atoms with Crippen molar-refractivity contribution in [3.8, 4) is 6.07 Å². The fourth-order valence-corrected chi connectivity index (χ4v) is 4.80. The number of benzene rings is 2. The van der Waals surface area contributed by atoms with Crippen LogP contribution in [0.5, 0.6) is 0 Å². The number of ether oxygens (including phenoxy) is 1. The van der Waals surface area contributed by atoms with E-state index >= 15 is 0 Å². The quantitative estimate of drug-likeness (QED) is 0.511. The van der Waals surface area contributed by atoms with Crippen molar-refractivity contribution in [3.63, 3.8) is 0 Å². The van der Waals surface area contributed by atoms with Gasteiger partial charge in [0.15, 0.2) is 0 Å². The highest BCUT2D eigenvalue weighted by atomic mass is 32.2. The summed E-state index contributed by atoms with van der Waals surface area (Å²) in [7, 11) is -2.89. The number of methoxy groups -OCH3 is 1. The first kappa shape index (κ1) is 24.9. The smallest absolute Gasteiger partial charge is 0.325 e. The molecule has 2 aromatic rings. The van der Waals surface area contributed by atoms with Gasteiger partial charge in [0.25, 0.3) is 0 Å². The first-order valence-electron chi connectivity index (χ1n) is 10.4. The SMILES string of the molecule is COC(=O)[C@H](CNC(=O)C[C@H]1CC(c2ccc(C#N)cc2)=NO1)NS(=O)(=O)c1ccccc1C. The maximum atomic E-state index is 12.7. The summed E-state index contributed by atoms with van der Waals surface area (Å²) >= 11 is 0. The van der Waals surface area contributed by atoms with E-state index in [4.69, 9.17) is 10.1 Å². The first-order chi connectivity index (χ1) is 16.2. The molecule has 0 saturated heterocycles. The highest BCUT2D eigenvalue weighted by Crippen LogP contribution is 2.19. The second kappa shape index (κ2) is 10.9. The van der Waals surface area contributed by atoms with Gasteiger partial charge in [-0.3, -0.25) is 9.59 Å². The topological polar surface area (TPSA) is 147 Å². The summed E-state index contributed by atoms with van der Waals surface area (Å²) in [4.78, 5) is 29.9. The van der Waals surface area contributed by atoms with Crippen LogP contribution in [0.3, 0.4) is 0 Å². The summed E-state index contributed by atoms with van der Waals surface area (Å²) in [5, 5.41) is 15.5. The van der Waals surface area contributed by atoms with Crippen molar-refractivity contribution in [1.82, 2.24) is 10.0 Å². The van der Waals surface area contributed by atoms with Crippen LogP contribution in [-0.2, 0) is 29.2 Å². The van der Waals surface area contributed by atoms with Gasteiger partial charge in [-0.25, -0.2) is 8.42 Å². The van der Waals surface area contributed by atoms with Crippen molar-refractivity contribution < 1.29 is 27.6 Å². The summed E-state index contributed by atoms with van der Waals surface area (Å²) in [5.41, 5.74) is 2.48. The number of sulfonamides is 1. The normalized spacial score (nSPS) is 16.0. The minimum Gasteiger partial charge on any atom is -0.468 e. The summed E-state index contributed by atoms with van der Waals surface area (Å²) in [6.45, 7) is 1.34. The van der Waals surface area contributed by atoms with Crippen LogP contribution in [0.2, 0.25) is 0 Å². The summed E-state index contributed by atoms with van der Waals surface area (Å²) in [6.07, 6.45) is -0.160. The molecule has 0 radical (unpaired) electrons. The molecule has 10 nitrogen and oxygen atoms in total. The molecule has 1 aliphatic heterocycles. The predicted molar refractivity (Wildman–Crippen MR) is 122 cm³/mol. The number of oxime groups is 1. The van der Waals surface area contributed by atoms with Crippen molar-refractivity contribution in [3.05, 3.63) is 65.2 Å². The molecule has 34 heavy (non-hydrogen) atoms. The zero-order valence-corrected chi connectivity index (χ0v) is 19.5. The van der Waals surface area contributed by atoms with E-state index in [1.807, 2.05) is 6.07 Å². The maximum Gasteiger partial charge on any atom is 0.325 e. The van der Waals surface area contributed by atoms with Crippen LogP contribution in [0.4, 0.5) is 0 Å². The second-order valence-electron chi connectivity index (χ2n) is 7.63. The molecular formula is C23H24N4O6S. The monoisotopic (exact) mass is 484 g/mol. The van der Waals surface area contributed by atoms with Crippen LogP contribution in [0, 0.1) is 18.3 Å². The minimum absolute atomic E-state index is 0.0297. The number of carbonyl (C=O) groups is 2. The van der Waals surface area contributed by atoms with Gasteiger partial charge in [0.1, 0.15) is 12.1 Å². The van der Waals surface area contributed by atoms with Crippen LogP contribution in [-0.4, -0.2) is 51.8 Å². The maximum absolute atomic E-state index is 12.7. The molecule has 1 aliphatic rings. The number of esters is 1. The molecule has 0 aliphatic carbocycles. The Hall–Kier alpha value is -3.75. The average Bonchev–Trinajstić information content (AvgIpc) is 3.29. The number of carbonyl (C=O) groups excluding carboxylic acids is 2. The number of aryl methyl sites for hydroxylation is 1. The van der Waals surface area contributed by atoms with Crippen molar-refractivity contribution in [1.29, 1.82) is 5.26 Å². The Bertz CT molecular complexity index is 1230. The Morgan fingerprint density at radius 1 is 1.24 bits per heavy atom. The van der Waals surface area contributed by atoms with E-state index in [1.54, 1.807) is 49.4 Å². The zero-order valence-electron chi connectivity index (χ0n) is 18.6. The Labute approximate surface area is 197 Å². The molecule has 0 aromatic heterocycles. The average molecular weight is 485 g/mol. The molecular weight excluding hydrogens is 460 g/mol. The molecule has 11 heteroatoms. The highest BCUT2D eigenvalue weighted by Gasteiger charge is 2.29. The summed E-state index contributed by atoms with van der Waals surface area (Å²) in [6, 6.07) is 13.9. The van der Waals surface area contributed by atoms with Gasteiger partial charge in [-0.05, 0) is 36.2 Å². The molecule has 0 saturated carbocycles. The summed E-state index contributed by atoms with van der Waals surface area (Å²) < 4.78 is 32.5. The number of amides is 1. The summed E-state index contributed by atoms with van der Waals surface area (Å²) in [5.74, 6) is -1.27. The molecule has 178 valence electrons. The van der Waals surface area contributed by atoms with Gasteiger partial charge in [0, 0.05) is 13.0 Å². The van der Waals surface area contributed by atoms with Gasteiger partial charge in [-0.2, -0.15) is 9.98 Å². The molecule has 0 fully saturated rings. The predicted octanol–water partition coefficient (Wildman–Crippen LogP) is 1.39. The van der Waals surface area contributed by atoms with Crippen LogP contribution in [0.25, 0.3) is 0 Å². The van der Waals surface area contributed by atoms with Crippen LogP contribution in [0.15, 0.2) is 58.6 Å². The number of nitriles is 1. The number of hydrogen-bond donors (Lipinski definition) is 2. The lowest BCUT2D eigenvalue weighted by Gasteiger charge is -2.18. The number of rotatable bonds is 9. The van der Waals surface area contributed by atoms with E-state index in [-0.39, 0.29) is 17.9 Å². The third kappa shape index (κ3) is 6.18. The fourth-order valence-electron chi connectivity index (χ4n) is 3.36. The first-order valence-corrected chi connectivity index (χ1v) is 11.9. The molecule has 2 N–H and O–H groups in total. The molecule has 0 bridgehead atoms. The van der Waals surface area contributed by atoms with E-state index in [2.05, 4.69) is 19.9 Å². The third-order valence-electron chi connectivity index (χ3n) is 5.16. The van der Waals surface area contributed by atoms with Gasteiger partial charge in [0.2, 0.25) is 15.9 Å². The van der Waals surface area contributed by atoms with E-state index < -0.39 is 34.0 Å². The van der Waals surface area contributed by atoms with Crippen molar-refractivity contribution in [2.75, 3.05) is 13.7 Å². The minimum atomic E-state index is -4.02. The Balaban J connectivity index is 1.56. The Kier molecular flexibility index (Phi) is 7.99. The Morgan fingerprint density at radius 3 is 2.59 bits per heavy atom. The van der Waals surface area contributed by atoms with Crippen molar-refractivity contribution in [2.45, 2.75) is 36.8 Å². The molecule has 3 rings (SSSR count). The van der Waals surface area contributed by atoms with Gasteiger partial charge in [-0.1, -0.05) is 35.5 Å². The lowest BCUT2D eigenvalue weighted by atomic mass is 10.0. The van der Waals surface area contributed by atoms with Crippen molar-refractivity contribution >= 4 is 27.6 Å². The van der Waals surface area contributed by atoms with Gasteiger partial charge in [-0.15, -0.1) is 0 Å². The number of nitrogens with one attached hydrogen (secondary N) is 2. The van der Waals surface area contributed by atoms with Crippen LogP contribution in [0.1, 0.15) is 29.5 Å². The molecule has 2 aromatic carbocycles. The molecule has 2 atom stereocenters. The van der Waals surface area contributed by atoms with Gasteiger partial charge < -0.3 is 14.9 Å². The highest BCUT2D eigenvalue weighted by molar-refractivity contribution is 7.89. The number of hydrogen-bond acceptors (Lipinski definition) is 8. The largest absolute Gasteiger partial charge is 0.468 e. The molecule has 0 spiro atoms.